The van der Waals surface area contributed by atoms with Crippen molar-refractivity contribution in [3.8, 4) is 0 Å². The molecule has 1 aromatic carbocycles. The second kappa shape index (κ2) is 6.79. The fourth-order valence-electron chi connectivity index (χ4n) is 4.39. The lowest BCUT2D eigenvalue weighted by atomic mass is 9.80. The van der Waals surface area contributed by atoms with Gasteiger partial charge >= 0.3 is 0 Å². The predicted octanol–water partition coefficient (Wildman–Crippen LogP) is 3.22. The second-order valence-corrected chi connectivity index (χ2v) is 8.03. The number of imidazole rings is 1. The molecule has 4 rings (SSSR count). The number of benzene rings is 1. The van der Waals surface area contributed by atoms with Crippen LogP contribution in [0.3, 0.4) is 0 Å². The number of likely N-dealkylation sites (tertiary alicyclic amines) is 1. The number of hydrogen-bond acceptors (Lipinski definition) is 3. The van der Waals surface area contributed by atoms with E-state index in [-0.39, 0.29) is 11.3 Å². The molecule has 0 unspecified atom stereocenters. The third kappa shape index (κ3) is 3.56. The van der Waals surface area contributed by atoms with E-state index in [0.717, 1.165) is 62.2 Å². The first-order valence-corrected chi connectivity index (χ1v) is 9.59. The fourth-order valence-corrected chi connectivity index (χ4v) is 4.39. The number of para-hydroxylation sites is 2. The molecule has 0 spiro atoms. The highest BCUT2D eigenvalue weighted by Gasteiger charge is 2.38. The number of nitrogens with zero attached hydrogens (tertiary/aromatic N) is 2. The zero-order chi connectivity index (χ0) is 17.3. The number of amides is 1. The molecular weight excluding hydrogens is 312 g/mol. The van der Waals surface area contributed by atoms with Crippen LogP contribution in [0.4, 0.5) is 0 Å². The summed E-state index contributed by atoms with van der Waals surface area (Å²) in [6, 6.07) is 8.52. The summed E-state index contributed by atoms with van der Waals surface area (Å²) in [6.45, 7) is 4.75. The third-order valence-electron chi connectivity index (χ3n) is 5.83. The molecule has 2 heterocycles. The van der Waals surface area contributed by atoms with Gasteiger partial charge < -0.3 is 10.3 Å². The largest absolute Gasteiger partial charge is 0.353 e. The topological polar surface area (TPSA) is 61.0 Å². The molecule has 1 aromatic heterocycles. The summed E-state index contributed by atoms with van der Waals surface area (Å²) in [4.78, 5) is 23.3. The summed E-state index contributed by atoms with van der Waals surface area (Å²) in [6.07, 6.45) is 6.83. The molecule has 134 valence electrons. The van der Waals surface area contributed by atoms with Crippen LogP contribution in [-0.4, -0.2) is 39.9 Å². The Labute approximate surface area is 149 Å². The normalized spacial score (nSPS) is 25.5. The first kappa shape index (κ1) is 16.6. The molecule has 1 aliphatic heterocycles. The molecule has 2 fully saturated rings. The molecule has 5 nitrogen and oxygen atoms in total. The fraction of sp³-hybridized carbons (Fsp3) is 0.600. The number of nitrogens with one attached hydrogen (secondary N) is 2. The molecule has 0 radical (unpaired) electrons. The van der Waals surface area contributed by atoms with Crippen LogP contribution in [-0.2, 0) is 11.3 Å². The number of aromatic nitrogens is 2. The van der Waals surface area contributed by atoms with Gasteiger partial charge in [0, 0.05) is 12.6 Å². The summed E-state index contributed by atoms with van der Waals surface area (Å²) in [5.41, 5.74) is 1.81. The van der Waals surface area contributed by atoms with Crippen LogP contribution in [0.5, 0.6) is 0 Å². The van der Waals surface area contributed by atoms with Gasteiger partial charge in [0.2, 0.25) is 5.91 Å². The maximum Gasteiger partial charge on any atom is 0.227 e. The van der Waals surface area contributed by atoms with Crippen molar-refractivity contribution in [1.82, 2.24) is 20.2 Å². The Kier molecular flexibility index (Phi) is 4.50. The number of carbonyl (C=O) groups excluding carboxylic acids is 1. The maximum absolute atomic E-state index is 12.9. The molecule has 1 saturated carbocycles. The Morgan fingerprint density at radius 1 is 1.32 bits per heavy atom. The Morgan fingerprint density at radius 2 is 2.12 bits per heavy atom. The number of piperidine rings is 1. The van der Waals surface area contributed by atoms with Gasteiger partial charge in [-0.05, 0) is 51.3 Å². The van der Waals surface area contributed by atoms with Gasteiger partial charge in [-0.1, -0.05) is 25.0 Å². The van der Waals surface area contributed by atoms with E-state index in [9.17, 15) is 4.79 Å². The summed E-state index contributed by atoms with van der Waals surface area (Å²) in [7, 11) is 0. The van der Waals surface area contributed by atoms with Gasteiger partial charge in [0.05, 0.1) is 23.0 Å². The van der Waals surface area contributed by atoms with E-state index in [4.69, 9.17) is 0 Å². The Hall–Kier alpha value is -1.88. The summed E-state index contributed by atoms with van der Waals surface area (Å²) in [5.74, 6) is 1.23. The number of rotatable bonds is 4. The number of carbonyl (C=O) groups is 1. The maximum atomic E-state index is 12.9. The molecule has 5 heteroatoms. The lowest BCUT2D eigenvalue weighted by Gasteiger charge is -2.39. The van der Waals surface area contributed by atoms with Gasteiger partial charge in [0.25, 0.3) is 0 Å². The summed E-state index contributed by atoms with van der Waals surface area (Å²) >= 11 is 0. The lowest BCUT2D eigenvalue weighted by molar-refractivity contribution is -0.134. The zero-order valence-corrected chi connectivity index (χ0v) is 15.1. The number of aromatic amines is 1. The average Bonchev–Trinajstić information content (AvgIpc) is 3.23. The Balaban J connectivity index is 1.41. The van der Waals surface area contributed by atoms with Crippen LogP contribution < -0.4 is 5.32 Å². The van der Waals surface area contributed by atoms with Crippen molar-refractivity contribution in [3.63, 3.8) is 0 Å². The smallest absolute Gasteiger partial charge is 0.227 e. The SMILES string of the molecule is C[C@]1(C(=O)NC2CCCC2)CCCN(Cc2nc3ccccc3[nH]2)C1. The highest BCUT2D eigenvalue weighted by molar-refractivity contribution is 5.83. The van der Waals surface area contributed by atoms with E-state index in [0.29, 0.717) is 6.04 Å². The molecule has 1 saturated heterocycles. The van der Waals surface area contributed by atoms with Crippen LogP contribution in [0.2, 0.25) is 0 Å². The quantitative estimate of drug-likeness (QED) is 0.898. The number of H-pyrrole nitrogens is 1. The van der Waals surface area contributed by atoms with E-state index >= 15 is 0 Å². The van der Waals surface area contributed by atoms with Crippen molar-refractivity contribution in [1.29, 1.82) is 0 Å². The van der Waals surface area contributed by atoms with Crippen LogP contribution in [0.15, 0.2) is 24.3 Å². The van der Waals surface area contributed by atoms with Gasteiger partial charge in [0.1, 0.15) is 5.82 Å². The van der Waals surface area contributed by atoms with Crippen LogP contribution in [0.25, 0.3) is 11.0 Å². The van der Waals surface area contributed by atoms with E-state index in [2.05, 4.69) is 33.2 Å². The minimum absolute atomic E-state index is 0.244. The first-order valence-electron chi connectivity index (χ1n) is 9.59. The predicted molar refractivity (Wildman–Crippen MR) is 99.1 cm³/mol. The number of fused-ring (bicyclic) bond motifs is 1. The standard InChI is InChI=1S/C20H28N4O/c1-20(19(25)21-15-7-2-3-8-15)11-6-12-24(14-20)13-18-22-16-9-4-5-10-17(16)23-18/h4-5,9-10,15H,2-3,6-8,11-14H2,1H3,(H,21,25)(H,22,23)/t20-/m0/s1. The van der Waals surface area contributed by atoms with Gasteiger partial charge in [-0.2, -0.15) is 0 Å². The molecule has 2 aromatic rings. The molecule has 0 bridgehead atoms. The molecule has 2 aliphatic rings. The van der Waals surface area contributed by atoms with Crippen LogP contribution in [0, 0.1) is 5.41 Å². The van der Waals surface area contributed by atoms with E-state index in [1.165, 1.54) is 12.8 Å². The molecule has 1 aliphatic carbocycles. The number of hydrogen-bond donors (Lipinski definition) is 2. The van der Waals surface area contributed by atoms with Crippen molar-refractivity contribution in [2.75, 3.05) is 13.1 Å². The Bertz CT molecular complexity index is 716. The molecule has 2 N–H and O–H groups in total. The molecule has 1 atom stereocenters. The van der Waals surface area contributed by atoms with Gasteiger partial charge in [-0.3, -0.25) is 9.69 Å². The van der Waals surface area contributed by atoms with Gasteiger partial charge in [-0.25, -0.2) is 4.98 Å². The van der Waals surface area contributed by atoms with E-state index in [1.807, 2.05) is 18.2 Å². The van der Waals surface area contributed by atoms with Crippen molar-refractivity contribution >= 4 is 16.9 Å². The van der Waals surface area contributed by atoms with Gasteiger partial charge in [0.15, 0.2) is 0 Å². The van der Waals surface area contributed by atoms with E-state index in [1.54, 1.807) is 0 Å². The molecule has 25 heavy (non-hydrogen) atoms. The Morgan fingerprint density at radius 3 is 2.92 bits per heavy atom. The van der Waals surface area contributed by atoms with Crippen molar-refractivity contribution in [3.05, 3.63) is 30.1 Å². The zero-order valence-electron chi connectivity index (χ0n) is 15.1. The highest BCUT2D eigenvalue weighted by atomic mass is 16.2. The summed E-state index contributed by atoms with van der Waals surface area (Å²) in [5, 5.41) is 3.31. The van der Waals surface area contributed by atoms with Crippen LogP contribution in [0.1, 0.15) is 51.3 Å². The third-order valence-corrected chi connectivity index (χ3v) is 5.83. The first-order chi connectivity index (χ1) is 12.1. The van der Waals surface area contributed by atoms with Gasteiger partial charge in [-0.15, -0.1) is 0 Å². The second-order valence-electron chi connectivity index (χ2n) is 8.03. The molecule has 1 amide bonds. The van der Waals surface area contributed by atoms with Crippen molar-refractivity contribution < 1.29 is 4.79 Å². The van der Waals surface area contributed by atoms with Crippen molar-refractivity contribution in [2.45, 2.75) is 58.0 Å². The highest BCUT2D eigenvalue weighted by Crippen LogP contribution is 2.31. The summed E-state index contributed by atoms with van der Waals surface area (Å²) < 4.78 is 0. The van der Waals surface area contributed by atoms with Crippen LogP contribution >= 0.6 is 0 Å². The minimum atomic E-state index is -0.285. The van der Waals surface area contributed by atoms with E-state index < -0.39 is 0 Å². The molecular formula is C20H28N4O. The van der Waals surface area contributed by atoms with Crippen molar-refractivity contribution in [2.24, 2.45) is 5.41 Å². The lowest BCUT2D eigenvalue weighted by Crippen LogP contribution is -2.51. The minimum Gasteiger partial charge on any atom is -0.353 e. The monoisotopic (exact) mass is 340 g/mol. The average molecular weight is 340 g/mol.